The number of hydrogen-bond donors (Lipinski definition) is 0. The first-order valence-corrected chi connectivity index (χ1v) is 7.60. The molecule has 0 N–H and O–H groups in total. The van der Waals surface area contributed by atoms with Gasteiger partial charge in [0, 0.05) is 39.3 Å². The van der Waals surface area contributed by atoms with Crippen LogP contribution in [-0.4, -0.2) is 21.3 Å². The summed E-state index contributed by atoms with van der Waals surface area (Å²) in [6.45, 7) is 2.39. The zero-order chi connectivity index (χ0) is 13.3. The summed E-state index contributed by atoms with van der Waals surface area (Å²) in [6, 6.07) is 4.79. The van der Waals surface area contributed by atoms with Crippen molar-refractivity contribution in [2.75, 3.05) is 6.54 Å². The third-order valence-corrected chi connectivity index (χ3v) is 4.40. The molecule has 0 bridgehead atoms. The fourth-order valence-electron chi connectivity index (χ4n) is 1.91. The minimum atomic E-state index is -0.343. The largest absolute Gasteiger partial charge is 0.347 e. The number of allylic oxidation sites excluding steroid dienone is 1. The van der Waals surface area contributed by atoms with E-state index in [1.54, 1.807) is 17.0 Å². The second kappa shape index (κ2) is 7.62. The standard InChI is InChI=1S/C13H11BrFINO.Y/c1-2-17-11(7-6-10(16)13(17)18)12-8(14)4-3-5-9(12)15;/h3-5,10H,2,6H2,1H3;/q-1;. The van der Waals surface area contributed by atoms with Crippen LogP contribution in [0, 0.1) is 11.9 Å². The number of benzene rings is 1. The van der Waals surface area contributed by atoms with E-state index in [1.165, 1.54) is 6.07 Å². The molecule has 0 spiro atoms. The molecule has 1 aliphatic rings. The summed E-state index contributed by atoms with van der Waals surface area (Å²) >= 11 is 5.43. The van der Waals surface area contributed by atoms with Crippen LogP contribution in [0.3, 0.4) is 0 Å². The third-order valence-electron chi connectivity index (χ3n) is 2.77. The average Bonchev–Trinajstić information content (AvgIpc) is 2.33. The van der Waals surface area contributed by atoms with E-state index in [-0.39, 0.29) is 48.4 Å². The summed E-state index contributed by atoms with van der Waals surface area (Å²) in [6.07, 6.45) is 3.66. The van der Waals surface area contributed by atoms with Crippen LogP contribution in [0.25, 0.3) is 5.70 Å². The predicted molar refractivity (Wildman–Crippen MR) is 80.6 cm³/mol. The number of rotatable bonds is 2. The first-order chi connectivity index (χ1) is 8.56. The summed E-state index contributed by atoms with van der Waals surface area (Å²) in [5.41, 5.74) is 0.955. The van der Waals surface area contributed by atoms with Gasteiger partial charge < -0.3 is 4.90 Å². The van der Waals surface area contributed by atoms with Crippen molar-refractivity contribution in [3.63, 3.8) is 0 Å². The Morgan fingerprint density at radius 1 is 1.58 bits per heavy atom. The fraction of sp³-hybridized carbons (Fsp3) is 0.308. The van der Waals surface area contributed by atoms with Gasteiger partial charge >= 0.3 is 0 Å². The molecular formula is C13H11BrFINOY-. The fourth-order valence-corrected chi connectivity index (χ4v) is 3.00. The Bertz CT molecular complexity index is 503. The van der Waals surface area contributed by atoms with Crippen molar-refractivity contribution >= 4 is 50.1 Å². The zero-order valence-electron chi connectivity index (χ0n) is 10.3. The minimum Gasteiger partial charge on any atom is -0.347 e. The van der Waals surface area contributed by atoms with Gasteiger partial charge in [0.1, 0.15) is 0 Å². The van der Waals surface area contributed by atoms with Crippen LogP contribution in [0.4, 0.5) is 4.39 Å². The molecule has 0 saturated carbocycles. The molecule has 2 nitrogen and oxygen atoms in total. The first kappa shape index (κ1) is 17.7. The van der Waals surface area contributed by atoms with Gasteiger partial charge in [-0.1, -0.05) is 61.5 Å². The normalized spacial score (nSPS) is 18.9. The molecule has 1 radical (unpaired) electrons. The topological polar surface area (TPSA) is 20.3 Å². The van der Waals surface area contributed by atoms with Gasteiger partial charge in [0.15, 0.2) is 0 Å². The van der Waals surface area contributed by atoms with Gasteiger partial charge in [-0.15, -0.1) is 11.3 Å². The average molecular weight is 512 g/mol. The molecule has 19 heavy (non-hydrogen) atoms. The van der Waals surface area contributed by atoms with E-state index >= 15 is 0 Å². The van der Waals surface area contributed by atoms with E-state index in [2.05, 4.69) is 44.6 Å². The van der Waals surface area contributed by atoms with E-state index in [0.717, 1.165) is 0 Å². The van der Waals surface area contributed by atoms with E-state index in [9.17, 15) is 9.18 Å². The van der Waals surface area contributed by atoms with Gasteiger partial charge in [-0.25, -0.2) is 10.5 Å². The Morgan fingerprint density at radius 3 is 2.84 bits per heavy atom. The molecule has 6 heteroatoms. The smallest absolute Gasteiger partial charge is 0.235 e. The number of alkyl halides is 1. The van der Waals surface area contributed by atoms with Gasteiger partial charge in [-0.2, -0.15) is 0 Å². The number of amides is 1. The van der Waals surface area contributed by atoms with Crippen molar-refractivity contribution in [3.05, 3.63) is 40.1 Å². The van der Waals surface area contributed by atoms with Crippen LogP contribution in [0.2, 0.25) is 0 Å². The Hall–Kier alpha value is 0.674. The maximum absolute atomic E-state index is 13.9. The van der Waals surface area contributed by atoms with Crippen molar-refractivity contribution in [2.24, 2.45) is 0 Å². The number of carbonyl (C=O) groups is 1. The summed E-state index contributed by atoms with van der Waals surface area (Å²) in [7, 11) is 0. The second-order valence-corrected chi connectivity index (χ2v) is 6.23. The Morgan fingerprint density at radius 2 is 2.26 bits per heavy atom. The zero-order valence-corrected chi connectivity index (χ0v) is 16.9. The van der Waals surface area contributed by atoms with Crippen molar-refractivity contribution in [2.45, 2.75) is 17.3 Å². The molecule has 0 fully saturated rings. The van der Waals surface area contributed by atoms with E-state index in [4.69, 9.17) is 0 Å². The summed E-state index contributed by atoms with van der Waals surface area (Å²) in [4.78, 5) is 13.7. The van der Waals surface area contributed by atoms with E-state index in [1.807, 2.05) is 6.92 Å². The van der Waals surface area contributed by atoms with Crippen molar-refractivity contribution < 1.29 is 41.9 Å². The number of hydrogen-bond acceptors (Lipinski definition) is 1. The van der Waals surface area contributed by atoms with Gasteiger partial charge in [0.05, 0.1) is 9.74 Å². The maximum Gasteiger partial charge on any atom is 0.235 e. The van der Waals surface area contributed by atoms with Gasteiger partial charge in [0.2, 0.25) is 5.91 Å². The molecule has 1 amide bonds. The van der Waals surface area contributed by atoms with Crippen LogP contribution in [0.5, 0.6) is 0 Å². The maximum atomic E-state index is 13.9. The molecular weight excluding hydrogens is 501 g/mol. The molecule has 1 atom stereocenters. The third kappa shape index (κ3) is 3.66. The minimum absolute atomic E-state index is 0. The summed E-state index contributed by atoms with van der Waals surface area (Å²) in [5.74, 6) is -0.327. The molecule has 1 aromatic carbocycles. The molecule has 99 valence electrons. The van der Waals surface area contributed by atoms with Crippen molar-refractivity contribution in [1.82, 2.24) is 4.90 Å². The van der Waals surface area contributed by atoms with E-state index < -0.39 is 0 Å². The Balaban J connectivity index is 0.00000180. The number of halogens is 3. The van der Waals surface area contributed by atoms with Gasteiger partial charge in [-0.05, 0) is 13.0 Å². The molecule has 0 aliphatic carbocycles. The van der Waals surface area contributed by atoms with Crippen LogP contribution in [0.1, 0.15) is 18.9 Å². The Kier molecular flexibility index (Phi) is 7.11. The van der Waals surface area contributed by atoms with Gasteiger partial charge in [0.25, 0.3) is 0 Å². The molecule has 1 unspecified atom stereocenters. The molecule has 1 aliphatic heterocycles. The van der Waals surface area contributed by atoms with Crippen LogP contribution < -0.4 is 0 Å². The van der Waals surface area contributed by atoms with Crippen LogP contribution in [-0.2, 0) is 37.5 Å². The molecule has 0 aromatic heterocycles. The Labute approximate surface area is 159 Å². The van der Waals surface area contributed by atoms with Crippen LogP contribution in [0.15, 0.2) is 22.7 Å². The SMILES string of the molecule is CCN1C(=O)C(I)C[C-]=C1c1c(F)cccc1Br.[Y]. The quantitative estimate of drug-likeness (QED) is 0.336. The predicted octanol–water partition coefficient (Wildman–Crippen LogP) is 3.79. The van der Waals surface area contributed by atoms with Crippen molar-refractivity contribution in [1.29, 1.82) is 0 Å². The van der Waals surface area contributed by atoms with Crippen LogP contribution >= 0.6 is 38.5 Å². The van der Waals surface area contributed by atoms with E-state index in [0.29, 0.717) is 28.7 Å². The molecule has 1 aromatic rings. The second-order valence-electron chi connectivity index (χ2n) is 3.88. The summed E-state index contributed by atoms with van der Waals surface area (Å²) < 4.78 is 14.5. The van der Waals surface area contributed by atoms with Gasteiger partial charge in [-0.3, -0.25) is 4.79 Å². The number of nitrogens with zero attached hydrogens (tertiary/aromatic N) is 1. The molecule has 1 heterocycles. The first-order valence-electron chi connectivity index (χ1n) is 5.57. The number of carbonyl (C=O) groups excluding carboxylic acids is 1. The summed E-state index contributed by atoms with van der Waals surface area (Å²) in [5, 5.41) is 0. The molecule has 2 rings (SSSR count). The molecule has 0 saturated heterocycles. The van der Waals surface area contributed by atoms with Crippen molar-refractivity contribution in [3.8, 4) is 0 Å². The monoisotopic (exact) mass is 511 g/mol.